The topological polar surface area (TPSA) is 55.6 Å². The number of hydrogen-bond acceptors (Lipinski definition) is 5. The molecular formula is C17H14BrClN2O3S. The molecule has 1 aromatic carbocycles. The lowest BCUT2D eigenvalue weighted by Crippen LogP contribution is -2.37. The third-order valence-electron chi connectivity index (χ3n) is 4.03. The van der Waals surface area contributed by atoms with Crippen LogP contribution in [0.15, 0.2) is 39.4 Å². The summed E-state index contributed by atoms with van der Waals surface area (Å²) in [5.41, 5.74) is 0.704. The fourth-order valence-electron chi connectivity index (χ4n) is 2.82. The van der Waals surface area contributed by atoms with Crippen molar-refractivity contribution in [2.45, 2.75) is 18.9 Å². The molecule has 2 aromatic heterocycles. The number of rotatable bonds is 4. The highest BCUT2D eigenvalue weighted by molar-refractivity contribution is 9.10. The van der Waals surface area contributed by atoms with Gasteiger partial charge in [0.2, 0.25) is 0 Å². The predicted molar refractivity (Wildman–Crippen MR) is 102 cm³/mol. The van der Waals surface area contributed by atoms with Crippen molar-refractivity contribution in [1.82, 2.24) is 4.98 Å². The van der Waals surface area contributed by atoms with Crippen LogP contribution >= 0.6 is 38.9 Å². The summed E-state index contributed by atoms with van der Waals surface area (Å²) in [6.45, 7) is 1.17. The quantitative estimate of drug-likeness (QED) is 0.563. The van der Waals surface area contributed by atoms with Gasteiger partial charge in [-0.3, -0.25) is 9.69 Å². The molecule has 3 heterocycles. The van der Waals surface area contributed by atoms with Gasteiger partial charge in [0.25, 0.3) is 5.91 Å². The lowest BCUT2D eigenvalue weighted by atomic mass is 10.2. The van der Waals surface area contributed by atoms with E-state index in [2.05, 4.69) is 20.9 Å². The number of nitrogens with zero attached hydrogens (tertiary/aromatic N) is 2. The zero-order valence-corrected chi connectivity index (χ0v) is 16.2. The van der Waals surface area contributed by atoms with E-state index < -0.39 is 0 Å². The first-order valence-corrected chi connectivity index (χ1v) is 9.84. The van der Waals surface area contributed by atoms with Crippen LogP contribution in [0.3, 0.4) is 0 Å². The molecule has 8 heteroatoms. The average Bonchev–Trinajstić information content (AvgIpc) is 3.32. The van der Waals surface area contributed by atoms with E-state index in [1.54, 1.807) is 23.1 Å². The maximum absolute atomic E-state index is 13.0. The smallest absolute Gasteiger partial charge is 0.295 e. The van der Waals surface area contributed by atoms with E-state index in [4.69, 9.17) is 20.8 Å². The van der Waals surface area contributed by atoms with Crippen molar-refractivity contribution < 1.29 is 13.9 Å². The molecule has 0 unspecified atom stereocenters. The van der Waals surface area contributed by atoms with Gasteiger partial charge in [0.05, 0.1) is 22.4 Å². The lowest BCUT2D eigenvalue weighted by molar-refractivity contribution is 0.0894. The number of halogens is 2. The number of thiazole rings is 1. The van der Waals surface area contributed by atoms with E-state index in [0.29, 0.717) is 26.9 Å². The van der Waals surface area contributed by atoms with Crippen molar-refractivity contribution in [1.29, 1.82) is 0 Å². The Morgan fingerprint density at radius 1 is 1.40 bits per heavy atom. The van der Waals surface area contributed by atoms with Gasteiger partial charge in [-0.05, 0) is 53.0 Å². The van der Waals surface area contributed by atoms with E-state index in [9.17, 15) is 4.79 Å². The Balaban J connectivity index is 1.72. The summed E-state index contributed by atoms with van der Waals surface area (Å²) in [6.07, 6.45) is 1.94. The Morgan fingerprint density at radius 2 is 2.28 bits per heavy atom. The second-order valence-corrected chi connectivity index (χ2v) is 7.94. The predicted octanol–water partition coefficient (Wildman–Crippen LogP) is 5.13. The van der Waals surface area contributed by atoms with Gasteiger partial charge in [0, 0.05) is 6.61 Å². The SMILES string of the molecule is O=C(c1ccc(Br)o1)N(C[C@@H]1CCCO1)c1nc2c(Cl)cccc2s1. The molecule has 0 radical (unpaired) electrons. The summed E-state index contributed by atoms with van der Waals surface area (Å²) < 4.78 is 12.6. The van der Waals surface area contributed by atoms with Gasteiger partial charge in [-0.25, -0.2) is 4.98 Å². The largest absolute Gasteiger partial charge is 0.444 e. The Bertz CT molecular complexity index is 920. The van der Waals surface area contributed by atoms with Gasteiger partial charge in [-0.15, -0.1) is 0 Å². The summed E-state index contributed by atoms with van der Waals surface area (Å²) in [7, 11) is 0. The number of amides is 1. The summed E-state index contributed by atoms with van der Waals surface area (Å²) in [6, 6.07) is 8.97. The summed E-state index contributed by atoms with van der Waals surface area (Å²) in [5, 5.41) is 1.17. The van der Waals surface area contributed by atoms with E-state index in [1.807, 2.05) is 12.1 Å². The number of para-hydroxylation sites is 1. The second kappa shape index (κ2) is 7.07. The summed E-state index contributed by atoms with van der Waals surface area (Å²) in [4.78, 5) is 19.2. The number of hydrogen-bond donors (Lipinski definition) is 0. The average molecular weight is 442 g/mol. The van der Waals surface area contributed by atoms with Gasteiger partial charge in [-0.1, -0.05) is 29.0 Å². The minimum atomic E-state index is -0.239. The highest BCUT2D eigenvalue weighted by atomic mass is 79.9. The number of carbonyl (C=O) groups is 1. The van der Waals surface area contributed by atoms with Crippen LogP contribution in [-0.2, 0) is 4.74 Å². The fourth-order valence-corrected chi connectivity index (χ4v) is 4.40. The van der Waals surface area contributed by atoms with Crippen LogP contribution in [0, 0.1) is 0 Å². The van der Waals surface area contributed by atoms with Crippen LogP contribution in [0.4, 0.5) is 5.13 Å². The molecule has 1 aliphatic rings. The molecule has 1 amide bonds. The van der Waals surface area contributed by atoms with Crippen molar-refractivity contribution in [3.05, 3.63) is 45.8 Å². The van der Waals surface area contributed by atoms with Crippen molar-refractivity contribution in [3.8, 4) is 0 Å². The van der Waals surface area contributed by atoms with Crippen LogP contribution < -0.4 is 4.90 Å². The zero-order valence-electron chi connectivity index (χ0n) is 13.1. The molecule has 0 N–H and O–H groups in total. The molecule has 1 saturated heterocycles. The standard InChI is InChI=1S/C17H14BrClN2O3S/c18-14-7-6-12(24-14)16(22)21(9-10-3-2-8-23-10)17-20-15-11(19)4-1-5-13(15)25-17/h1,4-7,10H,2-3,8-9H2/t10-/m0/s1. The molecule has 0 bridgehead atoms. The molecule has 130 valence electrons. The second-order valence-electron chi connectivity index (χ2n) is 5.74. The Kier molecular flexibility index (Phi) is 4.82. The van der Waals surface area contributed by atoms with E-state index in [0.717, 1.165) is 24.1 Å². The van der Waals surface area contributed by atoms with Gasteiger partial charge < -0.3 is 9.15 Å². The van der Waals surface area contributed by atoms with Gasteiger partial charge in [-0.2, -0.15) is 0 Å². The molecule has 4 rings (SSSR count). The zero-order chi connectivity index (χ0) is 17.4. The summed E-state index contributed by atoms with van der Waals surface area (Å²) in [5.74, 6) is 0.0200. The molecule has 1 aliphatic heterocycles. The van der Waals surface area contributed by atoms with Gasteiger partial charge in [0.1, 0.15) is 5.52 Å². The van der Waals surface area contributed by atoms with Crippen LogP contribution in [0.5, 0.6) is 0 Å². The van der Waals surface area contributed by atoms with E-state index in [-0.39, 0.29) is 17.8 Å². The number of carbonyl (C=O) groups excluding carboxylic acids is 1. The third-order valence-corrected chi connectivity index (χ3v) is 5.80. The first kappa shape index (κ1) is 17.0. The number of fused-ring (bicyclic) bond motifs is 1. The number of benzene rings is 1. The van der Waals surface area contributed by atoms with Crippen LogP contribution in [0.25, 0.3) is 10.2 Å². The third kappa shape index (κ3) is 3.46. The molecular weight excluding hydrogens is 428 g/mol. The van der Waals surface area contributed by atoms with Crippen molar-refractivity contribution in [2.75, 3.05) is 18.1 Å². The minimum absolute atomic E-state index is 0.00448. The normalized spacial score (nSPS) is 17.3. The monoisotopic (exact) mass is 440 g/mol. The van der Waals surface area contributed by atoms with E-state index >= 15 is 0 Å². The molecule has 25 heavy (non-hydrogen) atoms. The van der Waals surface area contributed by atoms with Crippen LogP contribution in [0.1, 0.15) is 23.4 Å². The Hall–Kier alpha value is -1.41. The molecule has 0 saturated carbocycles. The molecule has 1 atom stereocenters. The molecule has 5 nitrogen and oxygen atoms in total. The highest BCUT2D eigenvalue weighted by Crippen LogP contribution is 2.34. The molecule has 0 aliphatic carbocycles. The van der Waals surface area contributed by atoms with Crippen LogP contribution in [-0.4, -0.2) is 30.1 Å². The van der Waals surface area contributed by atoms with Crippen molar-refractivity contribution in [3.63, 3.8) is 0 Å². The summed E-state index contributed by atoms with van der Waals surface area (Å²) >= 11 is 10.9. The van der Waals surface area contributed by atoms with Gasteiger partial charge >= 0.3 is 0 Å². The van der Waals surface area contributed by atoms with Crippen LogP contribution in [0.2, 0.25) is 5.02 Å². The lowest BCUT2D eigenvalue weighted by Gasteiger charge is -2.22. The molecule has 0 spiro atoms. The van der Waals surface area contributed by atoms with Crippen molar-refractivity contribution >= 4 is 60.1 Å². The first-order chi connectivity index (χ1) is 12.1. The van der Waals surface area contributed by atoms with Crippen molar-refractivity contribution in [2.24, 2.45) is 0 Å². The van der Waals surface area contributed by atoms with E-state index in [1.165, 1.54) is 11.3 Å². The Labute approximate surface area is 161 Å². The molecule has 1 fully saturated rings. The fraction of sp³-hybridized carbons (Fsp3) is 0.294. The number of ether oxygens (including phenoxy) is 1. The number of aromatic nitrogens is 1. The number of anilines is 1. The minimum Gasteiger partial charge on any atom is -0.444 e. The maximum Gasteiger partial charge on any atom is 0.295 e. The highest BCUT2D eigenvalue weighted by Gasteiger charge is 2.28. The first-order valence-electron chi connectivity index (χ1n) is 7.85. The maximum atomic E-state index is 13.0. The molecule has 3 aromatic rings. The van der Waals surface area contributed by atoms with Gasteiger partial charge in [0.15, 0.2) is 15.6 Å². The number of furan rings is 1. The Morgan fingerprint density at radius 3 is 2.96 bits per heavy atom.